The van der Waals surface area contributed by atoms with E-state index in [1.807, 2.05) is 24.8 Å². The van der Waals surface area contributed by atoms with E-state index in [0.717, 1.165) is 30.8 Å². The van der Waals surface area contributed by atoms with Gasteiger partial charge in [0.2, 0.25) is 5.91 Å². The van der Waals surface area contributed by atoms with E-state index in [-0.39, 0.29) is 24.3 Å². The molecule has 23 heavy (non-hydrogen) atoms. The van der Waals surface area contributed by atoms with Crippen molar-refractivity contribution in [3.8, 4) is 0 Å². The first-order chi connectivity index (χ1) is 10.9. The molecule has 1 fully saturated rings. The third-order valence-electron chi connectivity index (χ3n) is 4.46. The number of fused-ring (bicyclic) bond motifs is 1. The molecule has 0 spiro atoms. The zero-order chi connectivity index (χ0) is 16.6. The second-order valence-electron chi connectivity index (χ2n) is 6.44. The zero-order valence-corrected chi connectivity index (χ0v) is 13.9. The summed E-state index contributed by atoms with van der Waals surface area (Å²) in [5.41, 5.74) is 1.84. The largest absolute Gasteiger partial charge is 0.393 e. The minimum absolute atomic E-state index is 0.0145. The highest BCUT2D eigenvalue weighted by molar-refractivity contribution is 5.78. The average Bonchev–Trinajstić information content (AvgIpc) is 2.90. The summed E-state index contributed by atoms with van der Waals surface area (Å²) in [5, 5.41) is 14.1. The lowest BCUT2D eigenvalue weighted by Gasteiger charge is -2.34. The van der Waals surface area contributed by atoms with Crippen LogP contribution in [0.2, 0.25) is 0 Å². The molecule has 0 bridgehead atoms. The van der Waals surface area contributed by atoms with Crippen molar-refractivity contribution in [2.75, 3.05) is 13.1 Å². The molecule has 2 aromatic heterocycles. The van der Waals surface area contributed by atoms with E-state index >= 15 is 0 Å². The van der Waals surface area contributed by atoms with Gasteiger partial charge in [-0.1, -0.05) is 0 Å². The molecule has 0 radical (unpaired) electrons. The van der Waals surface area contributed by atoms with Crippen LogP contribution >= 0.6 is 0 Å². The van der Waals surface area contributed by atoms with E-state index < -0.39 is 0 Å². The van der Waals surface area contributed by atoms with Crippen molar-refractivity contribution in [2.45, 2.75) is 46.1 Å². The third kappa shape index (κ3) is 3.34. The van der Waals surface area contributed by atoms with Gasteiger partial charge in [-0.25, -0.2) is 9.50 Å². The van der Waals surface area contributed by atoms with Crippen LogP contribution < -0.4 is 0 Å². The molecule has 124 valence electrons. The number of hydrogen-bond acceptors (Lipinski definition) is 5. The predicted molar refractivity (Wildman–Crippen MR) is 84.9 cm³/mol. The van der Waals surface area contributed by atoms with E-state index in [1.165, 1.54) is 0 Å². The molecule has 1 aliphatic rings. The monoisotopic (exact) mass is 317 g/mol. The summed E-state index contributed by atoms with van der Waals surface area (Å²) < 4.78 is 1.67. The molecular weight excluding hydrogens is 294 g/mol. The normalized spacial score (nSPS) is 20.0. The molecule has 2 atom stereocenters. The van der Waals surface area contributed by atoms with Gasteiger partial charge < -0.3 is 10.0 Å². The molecule has 7 heteroatoms. The SMILES string of the molecule is Cc1cc(C)n2nc(CC(=O)N3CCCC(C(C)O)C3)nc2n1. The Morgan fingerprint density at radius 3 is 2.96 bits per heavy atom. The highest BCUT2D eigenvalue weighted by atomic mass is 16.3. The summed E-state index contributed by atoms with van der Waals surface area (Å²) in [7, 11) is 0. The molecule has 3 heterocycles. The lowest BCUT2D eigenvalue weighted by atomic mass is 9.93. The number of carbonyl (C=O) groups is 1. The molecule has 2 unspecified atom stereocenters. The summed E-state index contributed by atoms with van der Waals surface area (Å²) in [6.07, 6.45) is 1.69. The topological polar surface area (TPSA) is 83.6 Å². The minimum atomic E-state index is -0.381. The number of aliphatic hydroxyl groups excluding tert-OH is 1. The van der Waals surface area contributed by atoms with Crippen LogP contribution in [0, 0.1) is 19.8 Å². The summed E-state index contributed by atoms with van der Waals surface area (Å²) in [6.45, 7) is 7.00. The molecule has 1 aliphatic heterocycles. The van der Waals surface area contributed by atoms with E-state index in [1.54, 1.807) is 11.4 Å². The Morgan fingerprint density at radius 2 is 2.22 bits per heavy atom. The van der Waals surface area contributed by atoms with Gasteiger partial charge in [-0.05, 0) is 39.7 Å². The number of hydrogen-bond donors (Lipinski definition) is 1. The van der Waals surface area contributed by atoms with Gasteiger partial charge in [0.1, 0.15) is 0 Å². The Morgan fingerprint density at radius 1 is 1.43 bits per heavy atom. The number of aryl methyl sites for hydroxylation is 2. The second kappa shape index (κ2) is 6.23. The van der Waals surface area contributed by atoms with Crippen molar-refractivity contribution in [1.29, 1.82) is 0 Å². The second-order valence-corrected chi connectivity index (χ2v) is 6.44. The van der Waals surface area contributed by atoms with E-state index in [0.29, 0.717) is 18.1 Å². The van der Waals surface area contributed by atoms with Gasteiger partial charge in [0.25, 0.3) is 5.78 Å². The first-order valence-corrected chi connectivity index (χ1v) is 8.10. The fraction of sp³-hybridized carbons (Fsp3) is 0.625. The van der Waals surface area contributed by atoms with Crippen molar-refractivity contribution in [3.05, 3.63) is 23.3 Å². The van der Waals surface area contributed by atoms with Gasteiger partial charge in [0.05, 0.1) is 12.5 Å². The summed E-state index contributed by atoms with van der Waals surface area (Å²) in [6, 6.07) is 1.94. The number of nitrogens with zero attached hydrogens (tertiary/aromatic N) is 5. The van der Waals surface area contributed by atoms with Crippen LogP contribution in [-0.4, -0.2) is 54.7 Å². The van der Waals surface area contributed by atoms with Crippen molar-refractivity contribution < 1.29 is 9.90 Å². The van der Waals surface area contributed by atoms with Gasteiger partial charge in [-0.3, -0.25) is 4.79 Å². The minimum Gasteiger partial charge on any atom is -0.393 e. The van der Waals surface area contributed by atoms with Crippen molar-refractivity contribution in [1.82, 2.24) is 24.5 Å². The smallest absolute Gasteiger partial charge is 0.252 e. The zero-order valence-electron chi connectivity index (χ0n) is 13.9. The lowest BCUT2D eigenvalue weighted by molar-refractivity contribution is -0.133. The Hall–Kier alpha value is -2.02. The summed E-state index contributed by atoms with van der Waals surface area (Å²) in [4.78, 5) is 23.0. The van der Waals surface area contributed by atoms with Crippen LogP contribution in [0.15, 0.2) is 6.07 Å². The predicted octanol–water partition coefficient (Wildman–Crippen LogP) is 0.903. The molecule has 0 aliphatic carbocycles. The van der Waals surface area contributed by atoms with E-state index in [9.17, 15) is 9.90 Å². The van der Waals surface area contributed by atoms with Gasteiger partial charge in [-0.2, -0.15) is 4.98 Å². The molecule has 2 aromatic rings. The fourth-order valence-corrected chi connectivity index (χ4v) is 3.16. The molecule has 1 N–H and O–H groups in total. The highest BCUT2D eigenvalue weighted by Crippen LogP contribution is 2.20. The van der Waals surface area contributed by atoms with Crippen LogP contribution in [0.25, 0.3) is 5.78 Å². The van der Waals surface area contributed by atoms with Crippen molar-refractivity contribution in [3.63, 3.8) is 0 Å². The Labute approximate surface area is 135 Å². The Kier molecular flexibility index (Phi) is 4.30. The Bertz CT molecular complexity index is 725. The van der Waals surface area contributed by atoms with Crippen LogP contribution in [0.3, 0.4) is 0 Å². The average molecular weight is 317 g/mol. The van der Waals surface area contributed by atoms with E-state index in [2.05, 4.69) is 15.1 Å². The van der Waals surface area contributed by atoms with Gasteiger partial charge in [0.15, 0.2) is 5.82 Å². The molecule has 0 saturated carbocycles. The first-order valence-electron chi connectivity index (χ1n) is 8.10. The molecule has 1 amide bonds. The standard InChI is InChI=1S/C16H23N5O2/c1-10-7-11(2)21-16(17-10)18-14(19-21)8-15(23)20-6-4-5-13(9-20)12(3)22/h7,12-13,22H,4-6,8-9H2,1-3H3. The van der Waals surface area contributed by atoms with Crippen molar-refractivity contribution >= 4 is 11.7 Å². The summed E-state index contributed by atoms with van der Waals surface area (Å²) in [5.74, 6) is 1.20. The highest BCUT2D eigenvalue weighted by Gasteiger charge is 2.27. The number of piperidine rings is 1. The summed E-state index contributed by atoms with van der Waals surface area (Å²) >= 11 is 0. The van der Waals surface area contributed by atoms with Gasteiger partial charge >= 0.3 is 0 Å². The molecule has 7 nitrogen and oxygen atoms in total. The number of aliphatic hydroxyl groups is 1. The lowest BCUT2D eigenvalue weighted by Crippen LogP contribution is -2.43. The molecular formula is C16H23N5O2. The van der Waals surface area contributed by atoms with Crippen LogP contribution in [0.5, 0.6) is 0 Å². The maximum Gasteiger partial charge on any atom is 0.252 e. The first kappa shape index (κ1) is 15.9. The number of likely N-dealkylation sites (tertiary alicyclic amines) is 1. The van der Waals surface area contributed by atoms with Gasteiger partial charge in [-0.15, -0.1) is 5.10 Å². The van der Waals surface area contributed by atoms with Gasteiger partial charge in [0, 0.05) is 30.4 Å². The van der Waals surface area contributed by atoms with Crippen LogP contribution in [0.4, 0.5) is 0 Å². The van der Waals surface area contributed by atoms with Crippen LogP contribution in [-0.2, 0) is 11.2 Å². The van der Waals surface area contributed by atoms with Crippen molar-refractivity contribution in [2.24, 2.45) is 5.92 Å². The third-order valence-corrected chi connectivity index (χ3v) is 4.46. The van der Waals surface area contributed by atoms with Crippen LogP contribution in [0.1, 0.15) is 37.0 Å². The number of rotatable bonds is 3. The molecule has 3 rings (SSSR count). The number of carbonyl (C=O) groups excluding carboxylic acids is 1. The number of amides is 1. The number of aromatic nitrogens is 4. The molecule has 0 aromatic carbocycles. The quantitative estimate of drug-likeness (QED) is 0.909. The maximum atomic E-state index is 12.5. The maximum absolute atomic E-state index is 12.5. The fourth-order valence-electron chi connectivity index (χ4n) is 3.16. The molecule has 1 saturated heterocycles. The van der Waals surface area contributed by atoms with E-state index in [4.69, 9.17) is 0 Å². The Balaban J connectivity index is 1.74.